The van der Waals surface area contributed by atoms with Crippen molar-refractivity contribution < 1.29 is 19.1 Å². The fraction of sp³-hybridized carbons (Fsp3) is 0.731. The zero-order chi connectivity index (χ0) is 24.7. The van der Waals surface area contributed by atoms with Crippen molar-refractivity contribution in [1.82, 2.24) is 20.4 Å². The molecule has 1 aromatic heterocycles. The lowest BCUT2D eigenvalue weighted by atomic mass is 9.55. The molecular weight excluding hydrogens is 446 g/mol. The first-order chi connectivity index (χ1) is 16.9. The summed E-state index contributed by atoms with van der Waals surface area (Å²) < 4.78 is 12.8. The SMILES string of the molecule is COC(/C=C/n1ncc(C(=O)NC2C3CC4CC5CC2C5(C4)C3)c1OCC(C)C)C(=O)NCCN. The highest BCUT2D eigenvalue weighted by Gasteiger charge is 2.70. The second kappa shape index (κ2) is 9.58. The number of ether oxygens (including phenoxy) is 2. The monoisotopic (exact) mass is 485 g/mol. The molecule has 7 unspecified atom stereocenters. The van der Waals surface area contributed by atoms with Crippen molar-refractivity contribution in [2.24, 2.45) is 40.7 Å². The smallest absolute Gasteiger partial charge is 0.258 e. The van der Waals surface area contributed by atoms with Crippen LogP contribution in [-0.2, 0) is 9.53 Å². The molecular formula is C26H39N5O4. The van der Waals surface area contributed by atoms with Gasteiger partial charge in [-0.15, -0.1) is 0 Å². The van der Waals surface area contributed by atoms with Gasteiger partial charge in [0.05, 0.1) is 12.8 Å². The Hall–Kier alpha value is -2.39. The predicted octanol–water partition coefficient (Wildman–Crippen LogP) is 2.03. The molecule has 192 valence electrons. The Labute approximate surface area is 207 Å². The van der Waals surface area contributed by atoms with Gasteiger partial charge in [-0.05, 0) is 73.2 Å². The molecule has 1 aromatic rings. The van der Waals surface area contributed by atoms with Gasteiger partial charge in [-0.2, -0.15) is 5.10 Å². The van der Waals surface area contributed by atoms with Gasteiger partial charge in [0.25, 0.3) is 11.8 Å². The van der Waals surface area contributed by atoms with Crippen molar-refractivity contribution >= 4 is 18.0 Å². The van der Waals surface area contributed by atoms with E-state index < -0.39 is 6.10 Å². The third-order valence-electron chi connectivity index (χ3n) is 8.80. The number of amides is 2. The maximum atomic E-state index is 13.5. The number of hydrogen-bond acceptors (Lipinski definition) is 6. The molecule has 5 rings (SSSR count). The second-order valence-electron chi connectivity index (χ2n) is 11.4. The van der Waals surface area contributed by atoms with E-state index in [4.69, 9.17) is 15.2 Å². The molecule has 1 spiro atoms. The third kappa shape index (κ3) is 4.27. The number of nitrogens with zero attached hydrogens (tertiary/aromatic N) is 2. The molecule has 4 fully saturated rings. The third-order valence-corrected chi connectivity index (χ3v) is 8.80. The van der Waals surface area contributed by atoms with Crippen molar-refractivity contribution in [2.75, 3.05) is 26.8 Å². The molecule has 7 atom stereocenters. The van der Waals surface area contributed by atoms with E-state index in [9.17, 15) is 9.59 Å². The first-order valence-corrected chi connectivity index (χ1v) is 13.1. The quantitative estimate of drug-likeness (QED) is 0.441. The summed E-state index contributed by atoms with van der Waals surface area (Å²) in [5.41, 5.74) is 6.40. The summed E-state index contributed by atoms with van der Waals surface area (Å²) in [6.07, 6.45) is 10.5. The summed E-state index contributed by atoms with van der Waals surface area (Å²) in [5.74, 6) is 3.22. The molecule has 0 saturated heterocycles. The lowest BCUT2D eigenvalue weighted by Gasteiger charge is -2.50. The van der Waals surface area contributed by atoms with Crippen LogP contribution in [0.15, 0.2) is 12.3 Å². The van der Waals surface area contributed by atoms with Crippen LogP contribution >= 0.6 is 0 Å². The Morgan fingerprint density at radius 2 is 2.14 bits per heavy atom. The molecule has 3 bridgehead atoms. The largest absolute Gasteiger partial charge is 0.477 e. The minimum atomic E-state index is -0.806. The number of carbonyl (C=O) groups is 2. The van der Waals surface area contributed by atoms with Crippen LogP contribution < -0.4 is 21.1 Å². The van der Waals surface area contributed by atoms with Crippen molar-refractivity contribution in [3.8, 4) is 5.88 Å². The second-order valence-corrected chi connectivity index (χ2v) is 11.4. The molecule has 9 heteroatoms. The molecule has 35 heavy (non-hydrogen) atoms. The Balaban J connectivity index is 1.32. The minimum absolute atomic E-state index is 0.124. The van der Waals surface area contributed by atoms with Crippen LogP contribution in [-0.4, -0.2) is 60.5 Å². The lowest BCUT2D eigenvalue weighted by molar-refractivity contribution is -0.128. The maximum Gasteiger partial charge on any atom is 0.258 e. The van der Waals surface area contributed by atoms with Gasteiger partial charge in [-0.3, -0.25) is 9.59 Å². The highest BCUT2D eigenvalue weighted by molar-refractivity contribution is 5.96. The van der Waals surface area contributed by atoms with E-state index in [2.05, 4.69) is 29.6 Å². The van der Waals surface area contributed by atoms with Crippen LogP contribution in [0.4, 0.5) is 0 Å². The number of methoxy groups -OCH3 is 1. The average molecular weight is 486 g/mol. The Kier molecular flexibility index (Phi) is 6.65. The van der Waals surface area contributed by atoms with Crippen LogP contribution in [0.5, 0.6) is 5.88 Å². The van der Waals surface area contributed by atoms with Crippen molar-refractivity contribution in [3.05, 3.63) is 17.8 Å². The topological polar surface area (TPSA) is 121 Å². The molecule has 4 saturated carbocycles. The van der Waals surface area contributed by atoms with Crippen molar-refractivity contribution in [2.45, 2.75) is 58.1 Å². The van der Waals surface area contributed by atoms with E-state index >= 15 is 0 Å². The Morgan fingerprint density at radius 1 is 1.31 bits per heavy atom. The van der Waals surface area contributed by atoms with E-state index in [1.165, 1.54) is 43.9 Å². The molecule has 0 aliphatic heterocycles. The molecule has 0 radical (unpaired) electrons. The van der Waals surface area contributed by atoms with Gasteiger partial charge in [-0.1, -0.05) is 13.8 Å². The molecule has 4 aliphatic rings. The molecule has 2 amide bonds. The fourth-order valence-corrected chi connectivity index (χ4v) is 7.46. The van der Waals surface area contributed by atoms with Gasteiger partial charge < -0.3 is 25.8 Å². The van der Waals surface area contributed by atoms with Crippen LogP contribution in [0.3, 0.4) is 0 Å². The molecule has 0 aromatic carbocycles. The van der Waals surface area contributed by atoms with Crippen LogP contribution in [0.25, 0.3) is 6.20 Å². The summed E-state index contributed by atoms with van der Waals surface area (Å²) in [6, 6.07) is 0.255. The Morgan fingerprint density at radius 3 is 2.89 bits per heavy atom. The minimum Gasteiger partial charge on any atom is -0.477 e. The van der Waals surface area contributed by atoms with Crippen LogP contribution in [0.1, 0.15) is 56.3 Å². The van der Waals surface area contributed by atoms with E-state index in [0.29, 0.717) is 48.4 Å². The first-order valence-electron chi connectivity index (χ1n) is 13.1. The number of aromatic nitrogens is 2. The molecule has 4 aliphatic carbocycles. The highest BCUT2D eigenvalue weighted by atomic mass is 16.5. The number of carbonyl (C=O) groups excluding carboxylic acids is 2. The van der Waals surface area contributed by atoms with Crippen LogP contribution in [0.2, 0.25) is 0 Å². The zero-order valence-electron chi connectivity index (χ0n) is 21.0. The fourth-order valence-electron chi connectivity index (χ4n) is 7.46. The number of rotatable bonds is 11. The predicted molar refractivity (Wildman–Crippen MR) is 131 cm³/mol. The van der Waals surface area contributed by atoms with E-state index in [0.717, 1.165) is 11.8 Å². The molecule has 1 heterocycles. The van der Waals surface area contributed by atoms with E-state index in [1.807, 2.05) is 0 Å². The van der Waals surface area contributed by atoms with Gasteiger partial charge in [0.2, 0.25) is 5.88 Å². The standard InChI is InChI=1S/C26H39N5O4/c1-15(2)14-35-25-19(13-29-31(25)7-4-21(34-3)24(33)28-6-5-27)23(32)30-22-17-8-16-9-18-10-20(22)26(18,11-16)12-17/h4,7,13,15-18,20-22H,5-6,8-12,14,27H2,1-3H3,(H,28,33)(H,30,32)/b7-4+. The normalized spacial score (nSPS) is 33.1. The van der Waals surface area contributed by atoms with Gasteiger partial charge in [0.1, 0.15) is 5.56 Å². The average Bonchev–Trinajstić information content (AvgIpc) is 3.37. The van der Waals surface area contributed by atoms with Crippen molar-refractivity contribution in [3.63, 3.8) is 0 Å². The van der Waals surface area contributed by atoms with E-state index in [1.54, 1.807) is 18.5 Å². The Bertz CT molecular complexity index is 990. The van der Waals surface area contributed by atoms with E-state index in [-0.39, 0.29) is 23.8 Å². The van der Waals surface area contributed by atoms with Gasteiger partial charge in [0.15, 0.2) is 6.10 Å². The summed E-state index contributed by atoms with van der Waals surface area (Å²) in [6.45, 7) is 5.28. The number of nitrogens with two attached hydrogens (primary N) is 1. The number of nitrogens with one attached hydrogen (secondary N) is 2. The van der Waals surface area contributed by atoms with Crippen molar-refractivity contribution in [1.29, 1.82) is 0 Å². The molecule has 9 nitrogen and oxygen atoms in total. The zero-order valence-corrected chi connectivity index (χ0v) is 21.0. The number of hydrogen-bond donors (Lipinski definition) is 3. The lowest BCUT2D eigenvalue weighted by Crippen LogP contribution is -2.51. The highest BCUT2D eigenvalue weighted by Crippen LogP contribution is 2.75. The first kappa shape index (κ1) is 24.3. The number of fused-ring (bicyclic) bond motifs is 2. The van der Waals surface area contributed by atoms with Crippen LogP contribution in [0, 0.1) is 35.0 Å². The van der Waals surface area contributed by atoms with Gasteiger partial charge in [0, 0.05) is 32.4 Å². The summed E-state index contributed by atoms with van der Waals surface area (Å²) in [7, 11) is 1.46. The summed E-state index contributed by atoms with van der Waals surface area (Å²) >= 11 is 0. The van der Waals surface area contributed by atoms with Gasteiger partial charge in [-0.25, -0.2) is 4.68 Å². The maximum absolute atomic E-state index is 13.5. The van der Waals surface area contributed by atoms with Gasteiger partial charge >= 0.3 is 0 Å². The molecule has 4 N–H and O–H groups in total. The summed E-state index contributed by atoms with van der Waals surface area (Å²) in [4.78, 5) is 25.8. The summed E-state index contributed by atoms with van der Waals surface area (Å²) in [5, 5.41) is 10.5.